The van der Waals surface area contributed by atoms with E-state index in [9.17, 15) is 31.5 Å². The molecule has 0 unspecified atom stereocenters. The zero-order valence-corrected chi connectivity index (χ0v) is 24.8. The number of hydrogen-bond acceptors (Lipinski definition) is 4. The second-order valence-corrected chi connectivity index (χ2v) is 12.3. The lowest BCUT2D eigenvalue weighted by atomic mass is 10.0. The van der Waals surface area contributed by atoms with Gasteiger partial charge in [0.15, 0.2) is 0 Å². The highest BCUT2D eigenvalue weighted by Gasteiger charge is 2.46. The first-order chi connectivity index (χ1) is 20.8. The van der Waals surface area contributed by atoms with Gasteiger partial charge in [-0.2, -0.15) is 21.6 Å². The predicted octanol–water partition coefficient (Wildman–Crippen LogP) is 8.12. The molecule has 1 aromatic heterocycles. The number of aromatic carboxylic acids is 1. The van der Waals surface area contributed by atoms with E-state index >= 15 is 0 Å². The van der Waals surface area contributed by atoms with Gasteiger partial charge in [-0.05, 0) is 64.7 Å². The van der Waals surface area contributed by atoms with Crippen molar-refractivity contribution in [3.05, 3.63) is 130 Å². The van der Waals surface area contributed by atoms with Gasteiger partial charge in [0, 0.05) is 35.4 Å². The number of carboxylic acid groups (broad SMARTS) is 1. The summed E-state index contributed by atoms with van der Waals surface area (Å²) in [6, 6.07) is 24.6. The first-order valence-electron chi connectivity index (χ1n) is 12.9. The number of nitrogens with zero attached hydrogens (tertiary/aromatic N) is 2. The van der Waals surface area contributed by atoms with Crippen molar-refractivity contribution in [3.8, 4) is 22.4 Å². The normalized spacial score (nSPS) is 11.8. The zero-order valence-electron chi connectivity index (χ0n) is 22.5. The van der Waals surface area contributed by atoms with E-state index in [4.69, 9.17) is 28.2 Å². The molecule has 0 spiro atoms. The van der Waals surface area contributed by atoms with Crippen LogP contribution < -0.4 is 4.72 Å². The number of carbonyl (C=O) groups is 1. The van der Waals surface area contributed by atoms with Gasteiger partial charge in [0.25, 0.3) is 0 Å². The molecule has 44 heavy (non-hydrogen) atoms. The number of benzene rings is 4. The molecule has 0 aliphatic rings. The Balaban J connectivity index is 1.42. The summed E-state index contributed by atoms with van der Waals surface area (Å²) < 4.78 is 65.0. The smallest absolute Gasteiger partial charge is 0.478 e. The minimum Gasteiger partial charge on any atom is -0.478 e. The number of nitrogens with one attached hydrogen (secondary N) is 1. The summed E-state index contributed by atoms with van der Waals surface area (Å²) in [5.74, 6) is -0.318. The van der Waals surface area contributed by atoms with E-state index in [1.165, 1.54) is 30.3 Å². The van der Waals surface area contributed by atoms with Crippen LogP contribution in [0.25, 0.3) is 22.4 Å². The number of carboxylic acids is 1. The number of rotatable bonds is 9. The maximum absolute atomic E-state index is 12.8. The monoisotopic (exact) mass is 659 g/mol. The van der Waals surface area contributed by atoms with Crippen molar-refractivity contribution in [2.45, 2.75) is 18.5 Å². The van der Waals surface area contributed by atoms with Crippen molar-refractivity contribution in [1.82, 2.24) is 9.55 Å². The third-order valence-corrected chi connectivity index (χ3v) is 8.35. The molecule has 0 bridgehead atoms. The molecule has 226 valence electrons. The van der Waals surface area contributed by atoms with Gasteiger partial charge in [-0.25, -0.2) is 9.78 Å². The first kappa shape index (κ1) is 31.1. The molecule has 0 aliphatic heterocycles. The fourth-order valence-electron chi connectivity index (χ4n) is 4.48. The van der Waals surface area contributed by atoms with Crippen LogP contribution in [0.1, 0.15) is 27.3 Å². The van der Waals surface area contributed by atoms with Gasteiger partial charge in [0.05, 0.1) is 16.3 Å². The zero-order chi connectivity index (χ0) is 31.6. The standard InChI is InChI=1S/C31H22Cl2F3N3O4S/c32-24-12-13-26(27(33)16-24)28-18-39(17-20-6-10-22(11-7-20)30(40)41)29(37-28)14-19-4-8-21(9-5-19)23-2-1-3-25(15-23)38-44(42,43)31(34,35)36/h1-13,15-16,18,38H,14,17H2,(H,40,41). The minimum absolute atomic E-state index is 0.177. The summed E-state index contributed by atoms with van der Waals surface area (Å²) in [5.41, 5.74) is -1.23. The number of hydrogen-bond donors (Lipinski definition) is 2. The van der Waals surface area contributed by atoms with Crippen LogP contribution in [-0.4, -0.2) is 34.6 Å². The first-order valence-corrected chi connectivity index (χ1v) is 15.2. The Kier molecular flexibility index (Phi) is 8.73. The molecule has 0 saturated carbocycles. The van der Waals surface area contributed by atoms with E-state index in [2.05, 4.69) is 0 Å². The highest BCUT2D eigenvalue weighted by Crippen LogP contribution is 2.31. The Morgan fingerprint density at radius 3 is 2.20 bits per heavy atom. The van der Waals surface area contributed by atoms with Gasteiger partial charge in [0.1, 0.15) is 5.82 Å². The summed E-state index contributed by atoms with van der Waals surface area (Å²) in [6.45, 7) is 0.409. The molecule has 5 rings (SSSR count). The summed E-state index contributed by atoms with van der Waals surface area (Å²) in [5, 5.41) is 10.1. The number of anilines is 1. The molecule has 0 aliphatic carbocycles. The second-order valence-electron chi connectivity index (χ2n) is 9.80. The van der Waals surface area contributed by atoms with E-state index in [0.29, 0.717) is 51.2 Å². The van der Waals surface area contributed by atoms with Crippen LogP contribution in [0.15, 0.2) is 97.2 Å². The van der Waals surface area contributed by atoms with Gasteiger partial charge in [-0.3, -0.25) is 4.72 Å². The number of alkyl halides is 3. The molecule has 1 heterocycles. The molecule has 7 nitrogen and oxygen atoms in total. The Bertz CT molecular complexity index is 1940. The van der Waals surface area contributed by atoms with Crippen LogP contribution in [0.2, 0.25) is 10.0 Å². The van der Waals surface area contributed by atoms with Gasteiger partial charge < -0.3 is 9.67 Å². The maximum Gasteiger partial charge on any atom is 0.516 e. The Hall–Kier alpha value is -4.32. The van der Waals surface area contributed by atoms with Crippen molar-refractivity contribution in [2.24, 2.45) is 0 Å². The average Bonchev–Trinajstić information content (AvgIpc) is 3.34. The van der Waals surface area contributed by atoms with Crippen LogP contribution in [0.3, 0.4) is 0 Å². The third-order valence-electron chi connectivity index (χ3n) is 6.69. The predicted molar refractivity (Wildman–Crippen MR) is 163 cm³/mol. The molecule has 0 amide bonds. The highest BCUT2D eigenvalue weighted by atomic mass is 35.5. The molecule has 13 heteroatoms. The van der Waals surface area contributed by atoms with Crippen molar-refractivity contribution in [3.63, 3.8) is 0 Å². The Morgan fingerprint density at radius 2 is 1.57 bits per heavy atom. The number of aromatic nitrogens is 2. The SMILES string of the molecule is O=C(O)c1ccc(Cn2cc(-c3ccc(Cl)cc3Cl)nc2Cc2ccc(-c3cccc(NS(=O)(=O)C(F)(F)F)c3)cc2)cc1. The Labute approximate surface area is 260 Å². The molecule has 0 radical (unpaired) electrons. The molecule has 0 atom stereocenters. The fourth-order valence-corrected chi connectivity index (χ4v) is 5.54. The average molecular weight is 661 g/mol. The van der Waals surface area contributed by atoms with Crippen molar-refractivity contribution >= 4 is 44.9 Å². The third kappa shape index (κ3) is 7.07. The van der Waals surface area contributed by atoms with E-state index < -0.39 is 21.5 Å². The largest absolute Gasteiger partial charge is 0.516 e. The van der Waals surface area contributed by atoms with Crippen LogP contribution in [0, 0.1) is 0 Å². The van der Waals surface area contributed by atoms with Crippen molar-refractivity contribution in [1.29, 1.82) is 0 Å². The van der Waals surface area contributed by atoms with Crippen LogP contribution in [-0.2, 0) is 23.0 Å². The van der Waals surface area contributed by atoms with Gasteiger partial charge in [0.2, 0.25) is 0 Å². The number of halogens is 5. The summed E-state index contributed by atoms with van der Waals surface area (Å²) in [7, 11) is -5.55. The Morgan fingerprint density at radius 1 is 0.886 bits per heavy atom. The lowest BCUT2D eigenvalue weighted by molar-refractivity contribution is -0.0429. The molecule has 5 aromatic rings. The van der Waals surface area contributed by atoms with Crippen LogP contribution >= 0.6 is 23.2 Å². The lowest BCUT2D eigenvalue weighted by Crippen LogP contribution is -2.29. The molecule has 0 saturated heterocycles. The summed E-state index contributed by atoms with van der Waals surface area (Å²) in [6.07, 6.45) is 2.27. The van der Waals surface area contributed by atoms with Gasteiger partial charge >= 0.3 is 21.5 Å². The maximum atomic E-state index is 12.8. The molecular weight excluding hydrogens is 638 g/mol. The van der Waals surface area contributed by atoms with E-state index in [1.54, 1.807) is 53.3 Å². The van der Waals surface area contributed by atoms with E-state index in [1.807, 2.05) is 22.9 Å². The van der Waals surface area contributed by atoms with Gasteiger partial charge in [-0.15, -0.1) is 0 Å². The van der Waals surface area contributed by atoms with Crippen LogP contribution in [0.4, 0.5) is 18.9 Å². The van der Waals surface area contributed by atoms with Crippen molar-refractivity contribution < 1.29 is 31.5 Å². The van der Waals surface area contributed by atoms with Crippen molar-refractivity contribution in [2.75, 3.05) is 4.72 Å². The fraction of sp³-hybridized carbons (Fsp3) is 0.0968. The molecule has 4 aromatic carbocycles. The number of imidazole rings is 1. The highest BCUT2D eigenvalue weighted by molar-refractivity contribution is 7.93. The minimum atomic E-state index is -5.55. The lowest BCUT2D eigenvalue weighted by Gasteiger charge is -2.12. The quantitative estimate of drug-likeness (QED) is 0.166. The molecule has 0 fully saturated rings. The van der Waals surface area contributed by atoms with Crippen LogP contribution in [0.5, 0.6) is 0 Å². The summed E-state index contributed by atoms with van der Waals surface area (Å²) in [4.78, 5) is 16.1. The topological polar surface area (TPSA) is 101 Å². The molecular formula is C31H22Cl2F3N3O4S. The van der Waals surface area contributed by atoms with E-state index in [-0.39, 0.29) is 11.3 Å². The molecule has 2 N–H and O–H groups in total. The number of sulfonamides is 1. The summed E-state index contributed by atoms with van der Waals surface area (Å²) >= 11 is 12.5. The second kappa shape index (κ2) is 12.4. The van der Waals surface area contributed by atoms with Gasteiger partial charge in [-0.1, -0.05) is 71.7 Å². The van der Waals surface area contributed by atoms with E-state index in [0.717, 1.165) is 11.1 Å².